The van der Waals surface area contributed by atoms with Crippen LogP contribution in [0.3, 0.4) is 0 Å². The van der Waals surface area contributed by atoms with Crippen LogP contribution in [0.4, 0.5) is 5.69 Å². The van der Waals surface area contributed by atoms with Gasteiger partial charge in [-0.05, 0) is 37.8 Å². The number of hydrogen-bond acceptors (Lipinski definition) is 3. The van der Waals surface area contributed by atoms with Gasteiger partial charge in [-0.2, -0.15) is 0 Å². The van der Waals surface area contributed by atoms with E-state index in [0.29, 0.717) is 12.6 Å². The van der Waals surface area contributed by atoms with E-state index in [1.165, 1.54) is 44.7 Å². The number of unbranched alkanes of at least 4 members (excludes halogenated alkanes) is 1. The van der Waals surface area contributed by atoms with E-state index >= 15 is 0 Å². The van der Waals surface area contributed by atoms with Crippen molar-refractivity contribution in [2.45, 2.75) is 57.9 Å². The van der Waals surface area contributed by atoms with Gasteiger partial charge < -0.3 is 9.64 Å². The topological polar surface area (TPSA) is 29.5 Å². The lowest BCUT2D eigenvalue weighted by Gasteiger charge is -2.36. The first kappa shape index (κ1) is 15.9. The number of benzene rings is 1. The van der Waals surface area contributed by atoms with Gasteiger partial charge >= 0.3 is 5.97 Å². The summed E-state index contributed by atoms with van der Waals surface area (Å²) >= 11 is 0. The number of carbonyl (C=O) groups excluding carboxylic acids is 1. The largest absolute Gasteiger partial charge is 0.466 e. The third-order valence-corrected chi connectivity index (χ3v) is 4.20. The first-order valence-electron chi connectivity index (χ1n) is 8.22. The minimum atomic E-state index is -0.179. The lowest BCUT2D eigenvalue weighted by atomic mass is 9.93. The van der Waals surface area contributed by atoms with E-state index in [-0.39, 0.29) is 5.97 Å². The van der Waals surface area contributed by atoms with Gasteiger partial charge in [0.2, 0.25) is 0 Å². The van der Waals surface area contributed by atoms with Crippen molar-refractivity contribution in [2.24, 2.45) is 0 Å². The van der Waals surface area contributed by atoms with E-state index in [1.54, 1.807) is 0 Å². The van der Waals surface area contributed by atoms with Crippen LogP contribution in [0.1, 0.15) is 51.9 Å². The molecule has 1 fully saturated rings. The van der Waals surface area contributed by atoms with Gasteiger partial charge in [0.05, 0.1) is 6.61 Å². The van der Waals surface area contributed by atoms with Crippen molar-refractivity contribution in [3.05, 3.63) is 30.3 Å². The van der Waals surface area contributed by atoms with Gasteiger partial charge in [-0.15, -0.1) is 0 Å². The zero-order valence-electron chi connectivity index (χ0n) is 13.1. The third-order valence-electron chi connectivity index (χ3n) is 4.20. The quantitative estimate of drug-likeness (QED) is 0.557. The number of esters is 1. The molecule has 1 aromatic carbocycles. The molecule has 2 rings (SSSR count). The van der Waals surface area contributed by atoms with E-state index in [9.17, 15) is 4.79 Å². The highest BCUT2D eigenvalue weighted by Crippen LogP contribution is 2.27. The number of carbonyl (C=O) groups is 1. The molecule has 0 atom stereocenters. The Morgan fingerprint density at radius 3 is 2.52 bits per heavy atom. The molecule has 0 N–H and O–H groups in total. The summed E-state index contributed by atoms with van der Waals surface area (Å²) in [4.78, 5) is 13.3. The summed E-state index contributed by atoms with van der Waals surface area (Å²) in [5, 5.41) is 0. The first-order valence-corrected chi connectivity index (χ1v) is 8.22. The minimum Gasteiger partial charge on any atom is -0.466 e. The van der Waals surface area contributed by atoms with Crippen molar-refractivity contribution in [2.75, 3.05) is 18.1 Å². The lowest BCUT2D eigenvalue weighted by Crippen LogP contribution is -2.37. The molecule has 0 radical (unpaired) electrons. The van der Waals surface area contributed by atoms with Crippen molar-refractivity contribution >= 4 is 11.7 Å². The van der Waals surface area contributed by atoms with Gasteiger partial charge in [0.1, 0.15) is 0 Å². The summed E-state index contributed by atoms with van der Waals surface area (Å²) in [6.07, 6.45) is 8.69. The maximum absolute atomic E-state index is 10.8. The van der Waals surface area contributed by atoms with Crippen molar-refractivity contribution in [1.82, 2.24) is 0 Å². The highest BCUT2D eigenvalue weighted by Gasteiger charge is 2.20. The summed E-state index contributed by atoms with van der Waals surface area (Å²) in [5.74, 6) is -0.179. The molecule has 0 bridgehead atoms. The summed E-state index contributed by atoms with van der Waals surface area (Å²) in [6.45, 7) is 3.07. The van der Waals surface area contributed by atoms with E-state index in [1.807, 2.05) is 0 Å². The fourth-order valence-electron chi connectivity index (χ4n) is 3.13. The lowest BCUT2D eigenvalue weighted by molar-refractivity contribution is -0.141. The van der Waals surface area contributed by atoms with Crippen LogP contribution >= 0.6 is 0 Å². The molecule has 1 aliphatic rings. The Bertz CT molecular complexity index is 412. The molecule has 1 aliphatic carbocycles. The molecular formula is C18H27NO2. The summed E-state index contributed by atoms with van der Waals surface area (Å²) < 4.78 is 5.02. The van der Waals surface area contributed by atoms with Crippen LogP contribution < -0.4 is 4.90 Å². The van der Waals surface area contributed by atoms with Crippen molar-refractivity contribution in [3.63, 3.8) is 0 Å². The van der Waals surface area contributed by atoms with E-state index in [0.717, 1.165) is 19.4 Å². The molecule has 0 aliphatic heterocycles. The Morgan fingerprint density at radius 2 is 1.86 bits per heavy atom. The maximum Gasteiger partial charge on any atom is 0.302 e. The van der Waals surface area contributed by atoms with Crippen LogP contribution in [0.5, 0.6) is 0 Å². The van der Waals surface area contributed by atoms with Gasteiger partial charge in [-0.3, -0.25) is 4.79 Å². The Kier molecular flexibility index (Phi) is 6.58. The number of rotatable bonds is 7. The van der Waals surface area contributed by atoms with Gasteiger partial charge in [0.25, 0.3) is 0 Å². The monoisotopic (exact) mass is 289 g/mol. The second kappa shape index (κ2) is 8.71. The fourth-order valence-corrected chi connectivity index (χ4v) is 3.13. The number of para-hydroxylation sites is 1. The molecule has 116 valence electrons. The van der Waals surface area contributed by atoms with E-state index < -0.39 is 0 Å². The predicted molar refractivity (Wildman–Crippen MR) is 86.5 cm³/mol. The second-order valence-corrected chi connectivity index (χ2v) is 5.87. The highest BCUT2D eigenvalue weighted by molar-refractivity contribution is 5.65. The molecular weight excluding hydrogens is 262 g/mol. The molecule has 3 nitrogen and oxygen atoms in total. The number of ether oxygens (including phenoxy) is 1. The zero-order chi connectivity index (χ0) is 14.9. The summed E-state index contributed by atoms with van der Waals surface area (Å²) in [7, 11) is 0. The second-order valence-electron chi connectivity index (χ2n) is 5.87. The Labute approximate surface area is 128 Å². The van der Waals surface area contributed by atoms with Gasteiger partial charge in [-0.1, -0.05) is 37.5 Å². The van der Waals surface area contributed by atoms with Crippen LogP contribution in [0, 0.1) is 0 Å². The molecule has 1 aromatic rings. The normalized spacial score (nSPS) is 15.7. The predicted octanol–water partition coefficient (Wildman–Crippen LogP) is 4.17. The first-order chi connectivity index (χ1) is 10.3. The van der Waals surface area contributed by atoms with Gasteiger partial charge in [0, 0.05) is 25.2 Å². The highest BCUT2D eigenvalue weighted by atomic mass is 16.5. The Hall–Kier alpha value is -1.51. The average Bonchev–Trinajstić information content (AvgIpc) is 2.52. The molecule has 0 spiro atoms. The van der Waals surface area contributed by atoms with Crippen LogP contribution in [0.15, 0.2) is 30.3 Å². The number of anilines is 1. The van der Waals surface area contributed by atoms with E-state index in [4.69, 9.17) is 4.74 Å². The fraction of sp³-hybridized carbons (Fsp3) is 0.611. The van der Waals surface area contributed by atoms with Crippen LogP contribution in [0.25, 0.3) is 0 Å². The molecule has 21 heavy (non-hydrogen) atoms. The summed E-state index contributed by atoms with van der Waals surface area (Å²) in [5.41, 5.74) is 1.33. The molecule has 0 unspecified atom stereocenters. The Morgan fingerprint density at radius 1 is 1.14 bits per heavy atom. The van der Waals surface area contributed by atoms with Crippen molar-refractivity contribution in [3.8, 4) is 0 Å². The molecule has 0 saturated heterocycles. The zero-order valence-corrected chi connectivity index (χ0v) is 13.1. The third kappa shape index (κ3) is 5.41. The molecule has 0 amide bonds. The van der Waals surface area contributed by atoms with E-state index in [2.05, 4.69) is 35.2 Å². The molecule has 3 heteroatoms. The molecule has 1 saturated carbocycles. The number of hydrogen-bond donors (Lipinski definition) is 0. The van der Waals surface area contributed by atoms with Crippen molar-refractivity contribution < 1.29 is 9.53 Å². The standard InChI is InChI=1S/C18H27NO2/c1-16(20)21-15-9-8-14-19(17-10-4-2-5-11-17)18-12-6-3-7-13-18/h2,4-5,10-11,18H,3,6-9,12-15H2,1H3. The number of nitrogens with zero attached hydrogens (tertiary/aromatic N) is 1. The molecule has 0 heterocycles. The average molecular weight is 289 g/mol. The van der Waals surface area contributed by atoms with Gasteiger partial charge in [-0.25, -0.2) is 0 Å². The minimum absolute atomic E-state index is 0.179. The van der Waals surface area contributed by atoms with Crippen LogP contribution in [0.2, 0.25) is 0 Å². The Balaban J connectivity index is 1.88. The smallest absolute Gasteiger partial charge is 0.302 e. The maximum atomic E-state index is 10.8. The molecule has 0 aromatic heterocycles. The SMILES string of the molecule is CC(=O)OCCCCN(c1ccccc1)C1CCCCC1. The van der Waals surface area contributed by atoms with Gasteiger partial charge in [0.15, 0.2) is 0 Å². The van der Waals surface area contributed by atoms with Crippen LogP contribution in [-0.2, 0) is 9.53 Å². The van der Waals surface area contributed by atoms with Crippen molar-refractivity contribution in [1.29, 1.82) is 0 Å². The van der Waals surface area contributed by atoms with Crippen LogP contribution in [-0.4, -0.2) is 25.2 Å². The summed E-state index contributed by atoms with van der Waals surface area (Å²) in [6, 6.07) is 11.4.